The number of benzene rings is 1. The Bertz CT molecular complexity index is 1160. The quantitative estimate of drug-likeness (QED) is 0.550. The molecule has 0 bridgehead atoms. The van der Waals surface area contributed by atoms with Crippen LogP contribution in [0.15, 0.2) is 36.5 Å². The van der Waals surface area contributed by atoms with Crippen molar-refractivity contribution in [3.05, 3.63) is 42.4 Å². The van der Waals surface area contributed by atoms with Crippen LogP contribution in [0.2, 0.25) is 0 Å². The Morgan fingerprint density at radius 3 is 2.76 bits per heavy atom. The molecule has 1 aliphatic heterocycles. The van der Waals surface area contributed by atoms with Crippen LogP contribution in [-0.2, 0) is 7.05 Å². The molecule has 2 aromatic heterocycles. The lowest BCUT2D eigenvalue weighted by Gasteiger charge is -2.34. The number of rotatable bonds is 6. The molecule has 1 N–H and O–H groups in total. The molecule has 11 heteroatoms. The number of pyridine rings is 1. The minimum Gasteiger partial charge on any atom is -0.478 e. The molecule has 1 aliphatic rings. The van der Waals surface area contributed by atoms with Gasteiger partial charge in [0.15, 0.2) is 18.2 Å². The van der Waals surface area contributed by atoms with E-state index < -0.39 is 12.8 Å². The maximum atomic E-state index is 12.9. The van der Waals surface area contributed by atoms with Crippen LogP contribution < -0.4 is 14.8 Å². The average Bonchev–Trinajstić information content (AvgIpc) is 3.09. The van der Waals surface area contributed by atoms with Crippen molar-refractivity contribution in [3.63, 3.8) is 0 Å². The van der Waals surface area contributed by atoms with Crippen LogP contribution >= 0.6 is 11.8 Å². The zero-order valence-electron chi connectivity index (χ0n) is 18.1. The van der Waals surface area contributed by atoms with Gasteiger partial charge in [-0.15, -0.1) is 0 Å². The number of nitrogens with zero attached hydrogens (tertiary/aromatic N) is 3. The molecule has 0 atom stereocenters. The molecule has 3 heterocycles. The summed E-state index contributed by atoms with van der Waals surface area (Å²) in [6.07, 6.45) is -1.29. The molecule has 1 fully saturated rings. The summed E-state index contributed by atoms with van der Waals surface area (Å²) in [5.74, 6) is 2.13. The largest absolute Gasteiger partial charge is 0.478 e. The molecular formula is C22H23F3N4O3S. The fraction of sp³-hybridized carbons (Fsp3) is 0.409. The Labute approximate surface area is 192 Å². The maximum Gasteiger partial charge on any atom is 0.422 e. The first-order chi connectivity index (χ1) is 15.6. The van der Waals surface area contributed by atoms with Gasteiger partial charge < -0.3 is 19.4 Å². The number of thioether (sulfide) groups is 1. The second-order valence-corrected chi connectivity index (χ2v) is 9.31. The van der Waals surface area contributed by atoms with Crippen molar-refractivity contribution in [2.24, 2.45) is 7.05 Å². The monoisotopic (exact) mass is 480 g/mol. The summed E-state index contributed by atoms with van der Waals surface area (Å²) >= 11 is 1.88. The van der Waals surface area contributed by atoms with E-state index in [0.717, 1.165) is 24.3 Å². The Balaban J connectivity index is 1.55. The zero-order chi connectivity index (χ0) is 23.6. The van der Waals surface area contributed by atoms with Crippen LogP contribution in [0, 0.1) is 0 Å². The van der Waals surface area contributed by atoms with Gasteiger partial charge in [0.25, 0.3) is 11.8 Å². The molecule has 33 heavy (non-hydrogen) atoms. The Morgan fingerprint density at radius 2 is 2.03 bits per heavy atom. The molecule has 0 saturated carbocycles. The van der Waals surface area contributed by atoms with Crippen LogP contribution in [-0.4, -0.2) is 50.3 Å². The summed E-state index contributed by atoms with van der Waals surface area (Å²) in [6.45, 7) is 0.594. The van der Waals surface area contributed by atoms with Crippen molar-refractivity contribution in [3.8, 4) is 17.4 Å². The van der Waals surface area contributed by atoms with E-state index in [2.05, 4.69) is 15.3 Å². The number of fused-ring (bicyclic) bond motifs is 1. The van der Waals surface area contributed by atoms with Gasteiger partial charge in [0.1, 0.15) is 5.75 Å². The van der Waals surface area contributed by atoms with Gasteiger partial charge in [-0.2, -0.15) is 24.9 Å². The van der Waals surface area contributed by atoms with Gasteiger partial charge in [0.2, 0.25) is 0 Å². The summed E-state index contributed by atoms with van der Waals surface area (Å²) in [5, 5.41) is 3.12. The smallest absolute Gasteiger partial charge is 0.422 e. The van der Waals surface area contributed by atoms with Crippen molar-refractivity contribution in [1.82, 2.24) is 19.9 Å². The molecule has 0 aliphatic carbocycles. The van der Waals surface area contributed by atoms with Crippen LogP contribution in [0.5, 0.6) is 17.4 Å². The number of nitrogens with one attached hydrogen (secondary N) is 1. The number of alkyl halides is 3. The summed E-state index contributed by atoms with van der Waals surface area (Å²) in [7, 11) is 1.73. The van der Waals surface area contributed by atoms with Gasteiger partial charge >= 0.3 is 6.18 Å². The van der Waals surface area contributed by atoms with E-state index in [0.29, 0.717) is 16.8 Å². The molecule has 176 valence electrons. The van der Waals surface area contributed by atoms with Crippen LogP contribution in [0.3, 0.4) is 0 Å². The highest BCUT2D eigenvalue weighted by molar-refractivity contribution is 7.99. The van der Waals surface area contributed by atoms with Gasteiger partial charge in [-0.05, 0) is 55.5 Å². The molecule has 1 aromatic carbocycles. The Kier molecular flexibility index (Phi) is 6.42. The topological polar surface area (TPSA) is 78.3 Å². The maximum absolute atomic E-state index is 12.9. The number of hydrogen-bond donors (Lipinski definition) is 1. The van der Waals surface area contributed by atoms with E-state index in [1.165, 1.54) is 18.3 Å². The minimum absolute atomic E-state index is 0.0932. The molecule has 0 spiro atoms. The first-order valence-electron chi connectivity index (χ1n) is 10.3. The van der Waals surface area contributed by atoms with Crippen molar-refractivity contribution in [2.45, 2.75) is 31.5 Å². The number of carbonyl (C=O) groups excluding carboxylic acids is 1. The van der Waals surface area contributed by atoms with E-state index in [1.54, 1.807) is 29.8 Å². The molecule has 3 aromatic rings. The molecule has 1 amide bonds. The molecular weight excluding hydrogens is 457 g/mol. The van der Waals surface area contributed by atoms with E-state index in [9.17, 15) is 18.0 Å². The van der Waals surface area contributed by atoms with Gasteiger partial charge in [0, 0.05) is 24.8 Å². The predicted octanol–water partition coefficient (Wildman–Crippen LogP) is 4.72. The van der Waals surface area contributed by atoms with E-state index >= 15 is 0 Å². The third-order valence-corrected chi connectivity index (χ3v) is 6.39. The fourth-order valence-corrected chi connectivity index (χ4v) is 4.94. The molecule has 7 nitrogen and oxygen atoms in total. The lowest BCUT2D eigenvalue weighted by molar-refractivity contribution is -0.153. The second kappa shape index (κ2) is 9.12. The number of carbonyl (C=O) groups is 1. The number of ether oxygens (including phenoxy) is 2. The van der Waals surface area contributed by atoms with E-state index in [4.69, 9.17) is 9.47 Å². The molecule has 0 radical (unpaired) electrons. The average molecular weight is 481 g/mol. The number of halogens is 3. The normalized spacial score (nSPS) is 15.9. The lowest BCUT2D eigenvalue weighted by Crippen LogP contribution is -2.48. The van der Waals surface area contributed by atoms with Crippen LogP contribution in [0.1, 0.15) is 30.4 Å². The van der Waals surface area contributed by atoms with Gasteiger partial charge in [-0.1, -0.05) is 0 Å². The van der Waals surface area contributed by atoms with Crippen molar-refractivity contribution in [2.75, 3.05) is 18.1 Å². The summed E-state index contributed by atoms with van der Waals surface area (Å²) in [4.78, 5) is 21.4. The third-order valence-electron chi connectivity index (χ3n) is 5.41. The Morgan fingerprint density at radius 1 is 1.27 bits per heavy atom. The number of aromatic nitrogens is 3. The number of aryl methyl sites for hydroxylation is 1. The molecule has 1 saturated heterocycles. The number of imidazole rings is 1. The lowest BCUT2D eigenvalue weighted by atomic mass is 9.95. The SMILES string of the molecule is Cn1c(C(=O)NC2(C)CCSCC2)nc2ccc(Oc3ncccc3OCC(F)(F)F)cc21. The number of hydrogen-bond acceptors (Lipinski definition) is 6. The summed E-state index contributed by atoms with van der Waals surface area (Å²) < 4.78 is 49.8. The van der Waals surface area contributed by atoms with Crippen molar-refractivity contribution in [1.29, 1.82) is 0 Å². The highest BCUT2D eigenvalue weighted by Gasteiger charge is 2.31. The number of amides is 1. The molecule has 4 rings (SSSR count). The third kappa shape index (κ3) is 5.52. The minimum atomic E-state index is -4.48. The highest BCUT2D eigenvalue weighted by Crippen LogP contribution is 2.32. The summed E-state index contributed by atoms with van der Waals surface area (Å²) in [6, 6.07) is 7.75. The fourth-order valence-electron chi connectivity index (χ4n) is 3.55. The first-order valence-corrected chi connectivity index (χ1v) is 11.5. The van der Waals surface area contributed by atoms with Gasteiger partial charge in [0.05, 0.1) is 11.0 Å². The second-order valence-electron chi connectivity index (χ2n) is 8.08. The van der Waals surface area contributed by atoms with Crippen molar-refractivity contribution >= 4 is 28.7 Å². The van der Waals surface area contributed by atoms with E-state index in [-0.39, 0.29) is 28.9 Å². The van der Waals surface area contributed by atoms with Gasteiger partial charge in [-0.3, -0.25) is 4.79 Å². The summed E-state index contributed by atoms with van der Waals surface area (Å²) in [5.41, 5.74) is 0.963. The Hall–Kier alpha value is -2.95. The zero-order valence-corrected chi connectivity index (χ0v) is 18.9. The van der Waals surface area contributed by atoms with Gasteiger partial charge in [-0.25, -0.2) is 9.97 Å². The predicted molar refractivity (Wildman–Crippen MR) is 119 cm³/mol. The first kappa shape index (κ1) is 23.2. The van der Waals surface area contributed by atoms with Crippen molar-refractivity contribution < 1.29 is 27.4 Å². The van der Waals surface area contributed by atoms with Crippen LogP contribution in [0.25, 0.3) is 11.0 Å². The highest BCUT2D eigenvalue weighted by atomic mass is 32.2. The molecule has 0 unspecified atom stereocenters. The van der Waals surface area contributed by atoms with E-state index in [1.807, 2.05) is 18.7 Å². The standard InChI is InChI=1S/C22H23F3N4O3S/c1-21(7-10-33-11-8-21)28-19(30)18-27-15-6-5-14(12-16(15)29(18)2)32-20-17(4-3-9-26-20)31-13-22(23,24)25/h3-6,9,12H,7-8,10-11,13H2,1-2H3,(H,28,30). The van der Waals surface area contributed by atoms with Crippen LogP contribution in [0.4, 0.5) is 13.2 Å².